The number of benzene rings is 1. The lowest BCUT2D eigenvalue weighted by molar-refractivity contribution is -0.123. The monoisotopic (exact) mass is 285 g/mol. The summed E-state index contributed by atoms with van der Waals surface area (Å²) in [6.45, 7) is 5.87. The molecule has 0 fully saturated rings. The van der Waals surface area contributed by atoms with Crippen molar-refractivity contribution in [3.8, 4) is 5.75 Å². The summed E-state index contributed by atoms with van der Waals surface area (Å²) in [5.74, 6) is 0.427. The Kier molecular flexibility index (Phi) is 6.12. The molecule has 0 saturated heterocycles. The van der Waals surface area contributed by atoms with E-state index in [1.54, 1.807) is 19.1 Å². The summed E-state index contributed by atoms with van der Waals surface area (Å²) in [4.78, 5) is 11.5. The molecule has 4 nitrogen and oxygen atoms in total. The van der Waals surface area contributed by atoms with Crippen LogP contribution in [0, 0.1) is 13.8 Å². The quantitative estimate of drug-likeness (QED) is 0.843. The molecular weight excluding hydrogens is 266 g/mol. The average molecular weight is 286 g/mol. The first kappa shape index (κ1) is 15.8. The lowest BCUT2D eigenvalue weighted by Gasteiger charge is -2.10. The van der Waals surface area contributed by atoms with E-state index in [2.05, 4.69) is 5.32 Å². The molecule has 19 heavy (non-hydrogen) atoms. The van der Waals surface area contributed by atoms with Crippen molar-refractivity contribution in [3.05, 3.63) is 28.3 Å². The van der Waals surface area contributed by atoms with Crippen molar-refractivity contribution in [2.24, 2.45) is 0 Å². The Balaban J connectivity index is 2.42. The second kappa shape index (κ2) is 7.36. The van der Waals surface area contributed by atoms with Gasteiger partial charge < -0.3 is 15.2 Å². The molecule has 0 saturated carbocycles. The largest absolute Gasteiger partial charge is 0.484 e. The SMILES string of the molecule is Cc1cc(OCC(=O)NCCC(C)O)cc(C)c1Cl. The van der Waals surface area contributed by atoms with Crippen LogP contribution < -0.4 is 10.1 Å². The molecule has 1 rings (SSSR count). The standard InChI is InChI=1S/C14H20ClNO3/c1-9-6-12(7-10(2)14(9)15)19-8-13(18)16-5-4-11(3)17/h6-7,11,17H,4-5,8H2,1-3H3,(H,16,18). The Morgan fingerprint density at radius 3 is 2.53 bits per heavy atom. The summed E-state index contributed by atoms with van der Waals surface area (Å²) in [7, 11) is 0. The Labute approximate surface area is 118 Å². The molecule has 1 aromatic carbocycles. The van der Waals surface area contributed by atoms with Crippen molar-refractivity contribution in [1.29, 1.82) is 0 Å². The highest BCUT2D eigenvalue weighted by Crippen LogP contribution is 2.25. The Morgan fingerprint density at radius 2 is 2.00 bits per heavy atom. The number of amides is 1. The lowest BCUT2D eigenvalue weighted by atomic mass is 10.1. The number of carbonyl (C=O) groups excluding carboxylic acids is 1. The van der Waals surface area contributed by atoms with Crippen LogP contribution in [-0.4, -0.2) is 30.3 Å². The van der Waals surface area contributed by atoms with Crippen molar-refractivity contribution in [2.45, 2.75) is 33.3 Å². The first-order chi connectivity index (χ1) is 8.90. The van der Waals surface area contributed by atoms with Crippen LogP contribution >= 0.6 is 11.6 Å². The van der Waals surface area contributed by atoms with Gasteiger partial charge in [-0.25, -0.2) is 0 Å². The number of hydrogen-bond acceptors (Lipinski definition) is 3. The Morgan fingerprint density at radius 1 is 1.42 bits per heavy atom. The molecule has 1 amide bonds. The normalized spacial score (nSPS) is 12.1. The van der Waals surface area contributed by atoms with Crippen LogP contribution in [0.3, 0.4) is 0 Å². The van der Waals surface area contributed by atoms with Gasteiger partial charge in [-0.1, -0.05) is 11.6 Å². The van der Waals surface area contributed by atoms with E-state index >= 15 is 0 Å². The van der Waals surface area contributed by atoms with Gasteiger partial charge in [-0.05, 0) is 50.5 Å². The number of hydrogen-bond donors (Lipinski definition) is 2. The maximum Gasteiger partial charge on any atom is 0.257 e. The zero-order chi connectivity index (χ0) is 14.4. The Bertz CT molecular complexity index is 423. The molecule has 2 N–H and O–H groups in total. The maximum absolute atomic E-state index is 11.5. The second-order valence-electron chi connectivity index (χ2n) is 4.65. The molecule has 0 aliphatic rings. The highest BCUT2D eigenvalue weighted by molar-refractivity contribution is 6.32. The van der Waals surface area contributed by atoms with Gasteiger partial charge in [0.2, 0.25) is 0 Å². The summed E-state index contributed by atoms with van der Waals surface area (Å²) in [5.41, 5.74) is 1.84. The van der Waals surface area contributed by atoms with E-state index in [4.69, 9.17) is 21.4 Å². The maximum atomic E-state index is 11.5. The number of aryl methyl sites for hydroxylation is 2. The first-order valence-corrected chi connectivity index (χ1v) is 6.62. The van der Waals surface area contributed by atoms with Crippen LogP contribution in [0.4, 0.5) is 0 Å². The highest BCUT2D eigenvalue weighted by Gasteiger charge is 2.06. The van der Waals surface area contributed by atoms with Gasteiger partial charge in [0.15, 0.2) is 6.61 Å². The molecule has 5 heteroatoms. The van der Waals surface area contributed by atoms with Crippen LogP contribution in [0.25, 0.3) is 0 Å². The third kappa shape index (κ3) is 5.49. The minimum absolute atomic E-state index is 0.0413. The van der Waals surface area contributed by atoms with E-state index in [-0.39, 0.29) is 12.5 Å². The number of carbonyl (C=O) groups is 1. The fourth-order valence-electron chi connectivity index (χ4n) is 1.61. The smallest absolute Gasteiger partial charge is 0.257 e. The third-order valence-electron chi connectivity index (χ3n) is 2.66. The predicted octanol–water partition coefficient (Wildman–Crippen LogP) is 2.22. The van der Waals surface area contributed by atoms with Crippen LogP contribution in [0.15, 0.2) is 12.1 Å². The van der Waals surface area contributed by atoms with E-state index < -0.39 is 6.10 Å². The Hall–Kier alpha value is -1.26. The van der Waals surface area contributed by atoms with E-state index in [0.29, 0.717) is 23.7 Å². The highest BCUT2D eigenvalue weighted by atomic mass is 35.5. The average Bonchev–Trinajstić information content (AvgIpc) is 2.32. The van der Waals surface area contributed by atoms with Crippen molar-refractivity contribution < 1.29 is 14.6 Å². The minimum atomic E-state index is -0.414. The molecule has 0 aliphatic heterocycles. The van der Waals surface area contributed by atoms with Crippen molar-refractivity contribution >= 4 is 17.5 Å². The van der Waals surface area contributed by atoms with Gasteiger partial charge in [-0.3, -0.25) is 4.79 Å². The molecule has 106 valence electrons. The number of nitrogens with one attached hydrogen (secondary N) is 1. The molecule has 0 bridgehead atoms. The fraction of sp³-hybridized carbons (Fsp3) is 0.500. The van der Waals surface area contributed by atoms with E-state index in [9.17, 15) is 4.79 Å². The predicted molar refractivity (Wildman–Crippen MR) is 75.7 cm³/mol. The second-order valence-corrected chi connectivity index (χ2v) is 5.03. The molecule has 1 aromatic rings. The van der Waals surface area contributed by atoms with Gasteiger partial charge in [0.05, 0.1) is 6.10 Å². The van der Waals surface area contributed by atoms with Crippen LogP contribution in [0.5, 0.6) is 5.75 Å². The number of ether oxygens (including phenoxy) is 1. The van der Waals surface area contributed by atoms with Crippen LogP contribution in [0.2, 0.25) is 5.02 Å². The summed E-state index contributed by atoms with van der Waals surface area (Å²) in [6, 6.07) is 3.61. The van der Waals surface area contributed by atoms with E-state index in [1.165, 1.54) is 0 Å². The zero-order valence-electron chi connectivity index (χ0n) is 11.5. The molecule has 1 unspecified atom stereocenters. The number of aliphatic hydroxyl groups excluding tert-OH is 1. The van der Waals surface area contributed by atoms with E-state index in [0.717, 1.165) is 11.1 Å². The lowest BCUT2D eigenvalue weighted by Crippen LogP contribution is -2.31. The molecule has 0 aromatic heterocycles. The summed E-state index contributed by atoms with van der Waals surface area (Å²) in [6.07, 6.45) is 0.119. The van der Waals surface area contributed by atoms with Gasteiger partial charge in [-0.15, -0.1) is 0 Å². The molecule has 1 atom stereocenters. The topological polar surface area (TPSA) is 58.6 Å². The summed E-state index contributed by atoms with van der Waals surface area (Å²) < 4.78 is 5.41. The van der Waals surface area contributed by atoms with E-state index in [1.807, 2.05) is 13.8 Å². The first-order valence-electron chi connectivity index (χ1n) is 6.24. The van der Waals surface area contributed by atoms with Crippen LogP contribution in [-0.2, 0) is 4.79 Å². The van der Waals surface area contributed by atoms with Crippen molar-refractivity contribution in [2.75, 3.05) is 13.2 Å². The van der Waals surface area contributed by atoms with Gasteiger partial charge in [-0.2, -0.15) is 0 Å². The van der Waals surface area contributed by atoms with Crippen LogP contribution in [0.1, 0.15) is 24.5 Å². The fourth-order valence-corrected chi connectivity index (χ4v) is 1.72. The zero-order valence-corrected chi connectivity index (χ0v) is 12.3. The molecule has 0 spiro atoms. The summed E-state index contributed by atoms with van der Waals surface area (Å²) >= 11 is 6.05. The number of aliphatic hydroxyl groups is 1. The third-order valence-corrected chi connectivity index (χ3v) is 3.26. The molecular formula is C14H20ClNO3. The van der Waals surface area contributed by atoms with Gasteiger partial charge in [0, 0.05) is 11.6 Å². The van der Waals surface area contributed by atoms with Crippen molar-refractivity contribution in [3.63, 3.8) is 0 Å². The summed E-state index contributed by atoms with van der Waals surface area (Å²) in [5, 5.41) is 12.5. The van der Waals surface area contributed by atoms with Gasteiger partial charge >= 0.3 is 0 Å². The molecule has 0 radical (unpaired) electrons. The van der Waals surface area contributed by atoms with Crippen molar-refractivity contribution in [1.82, 2.24) is 5.32 Å². The number of rotatable bonds is 6. The number of halogens is 1. The molecule has 0 aliphatic carbocycles. The minimum Gasteiger partial charge on any atom is -0.484 e. The molecule has 0 heterocycles. The van der Waals surface area contributed by atoms with Gasteiger partial charge in [0.1, 0.15) is 5.75 Å². The van der Waals surface area contributed by atoms with Gasteiger partial charge in [0.25, 0.3) is 5.91 Å².